The van der Waals surface area contributed by atoms with Gasteiger partial charge in [0.2, 0.25) is 5.91 Å². The number of benzene rings is 3. The number of nitrogens with zero attached hydrogens (tertiary/aromatic N) is 3. The lowest BCUT2D eigenvalue weighted by Crippen LogP contribution is -2.38. The quantitative estimate of drug-likeness (QED) is 0.394. The van der Waals surface area contributed by atoms with Crippen molar-refractivity contribution in [2.75, 3.05) is 5.32 Å². The van der Waals surface area contributed by atoms with Gasteiger partial charge in [0.25, 0.3) is 10.0 Å². The van der Waals surface area contributed by atoms with E-state index in [1.807, 2.05) is 42.5 Å². The zero-order valence-electron chi connectivity index (χ0n) is 18.3. The van der Waals surface area contributed by atoms with Crippen LogP contribution in [0.25, 0.3) is 16.3 Å². The molecule has 35 heavy (non-hydrogen) atoms. The van der Waals surface area contributed by atoms with Crippen LogP contribution in [0.2, 0.25) is 0 Å². The highest BCUT2D eigenvalue weighted by Gasteiger charge is 2.31. The molecular formula is C25H19N5O3S2. The summed E-state index contributed by atoms with van der Waals surface area (Å²) in [5.74, 6) is -0.683. The number of hydrogen-bond donors (Lipinski definition) is 2. The second kappa shape index (κ2) is 8.42. The minimum absolute atomic E-state index is 0.124. The van der Waals surface area contributed by atoms with E-state index in [0.717, 1.165) is 32.6 Å². The van der Waals surface area contributed by atoms with Gasteiger partial charge >= 0.3 is 0 Å². The molecule has 10 heteroatoms. The van der Waals surface area contributed by atoms with E-state index in [9.17, 15) is 13.2 Å². The van der Waals surface area contributed by atoms with Crippen LogP contribution in [0.15, 0.2) is 82.3 Å². The first-order valence-corrected chi connectivity index (χ1v) is 13.2. The highest BCUT2D eigenvalue weighted by Crippen LogP contribution is 2.39. The Kier molecular flexibility index (Phi) is 5.21. The Morgan fingerprint density at radius 1 is 1.11 bits per heavy atom. The van der Waals surface area contributed by atoms with Gasteiger partial charge in [0.1, 0.15) is 5.92 Å². The van der Waals surface area contributed by atoms with Crippen LogP contribution >= 0.6 is 11.3 Å². The number of aromatic nitrogens is 1. The van der Waals surface area contributed by atoms with E-state index in [0.29, 0.717) is 12.2 Å². The normalized spacial score (nSPS) is 17.1. The largest absolute Gasteiger partial charge is 0.325 e. The van der Waals surface area contributed by atoms with E-state index in [1.54, 1.807) is 35.1 Å². The van der Waals surface area contributed by atoms with Crippen LogP contribution in [0.4, 0.5) is 11.4 Å². The third kappa shape index (κ3) is 4.01. The van der Waals surface area contributed by atoms with Gasteiger partial charge in [-0.25, -0.2) is 13.4 Å². The predicted molar refractivity (Wildman–Crippen MR) is 137 cm³/mol. The molecule has 0 saturated heterocycles. The molecule has 0 radical (unpaired) electrons. The number of anilines is 1. The molecule has 3 aromatic carbocycles. The Morgan fingerprint density at radius 3 is 2.80 bits per heavy atom. The molecule has 174 valence electrons. The van der Waals surface area contributed by atoms with Gasteiger partial charge in [-0.2, -0.15) is 0 Å². The summed E-state index contributed by atoms with van der Waals surface area (Å²) >= 11 is 1.49. The van der Waals surface area contributed by atoms with Crippen LogP contribution in [0.5, 0.6) is 0 Å². The molecule has 1 atom stereocenters. The second-order valence-corrected chi connectivity index (χ2v) is 10.7. The summed E-state index contributed by atoms with van der Waals surface area (Å²) in [5, 5.41) is 4.43. The number of sulfonamides is 1. The first-order valence-electron chi connectivity index (χ1n) is 10.8. The molecule has 2 N–H and O–H groups in total. The molecule has 2 aliphatic rings. The summed E-state index contributed by atoms with van der Waals surface area (Å²) in [6.07, 6.45) is 5.18. The summed E-state index contributed by atoms with van der Waals surface area (Å²) < 4.78 is 26.7. The minimum Gasteiger partial charge on any atom is -0.325 e. The first kappa shape index (κ1) is 21.7. The number of fused-ring (bicyclic) bond motifs is 4. The number of hydrogen-bond acceptors (Lipinski definition) is 7. The van der Waals surface area contributed by atoms with Crippen molar-refractivity contribution in [3.63, 3.8) is 0 Å². The van der Waals surface area contributed by atoms with Gasteiger partial charge in [-0.15, -0.1) is 16.2 Å². The van der Waals surface area contributed by atoms with Gasteiger partial charge in [-0.3, -0.25) is 14.8 Å². The van der Waals surface area contributed by atoms with Crippen molar-refractivity contribution in [2.24, 2.45) is 4.99 Å². The highest BCUT2D eigenvalue weighted by molar-refractivity contribution is 7.89. The lowest BCUT2D eigenvalue weighted by Gasteiger charge is -2.25. The number of amides is 1. The SMILES string of the molecule is O=C1Nc2ccc3ncsc3c2C1C=Nc1ccc(S(=O)(=O)NN2C=Cc3ccccc3C2)cc1. The number of aliphatic imine (C=N–C) groups is 1. The zero-order chi connectivity index (χ0) is 24.0. The molecule has 0 aliphatic carbocycles. The highest BCUT2D eigenvalue weighted by atomic mass is 32.2. The molecule has 0 saturated carbocycles. The van der Waals surface area contributed by atoms with E-state index in [2.05, 4.69) is 20.1 Å². The van der Waals surface area contributed by atoms with Gasteiger partial charge in [-0.1, -0.05) is 24.3 Å². The van der Waals surface area contributed by atoms with Crippen LogP contribution < -0.4 is 10.1 Å². The van der Waals surface area contributed by atoms with Gasteiger partial charge in [-0.05, 0) is 53.6 Å². The molecule has 4 aromatic rings. The third-order valence-electron chi connectivity index (χ3n) is 5.98. The van der Waals surface area contributed by atoms with E-state index in [4.69, 9.17) is 0 Å². The lowest BCUT2D eigenvalue weighted by molar-refractivity contribution is -0.115. The summed E-state index contributed by atoms with van der Waals surface area (Å²) in [4.78, 5) is 24.1. The molecule has 1 amide bonds. The maximum Gasteiger partial charge on any atom is 0.257 e. The Labute approximate surface area is 205 Å². The van der Waals surface area contributed by atoms with Crippen LogP contribution in [0.3, 0.4) is 0 Å². The molecule has 3 heterocycles. The fraction of sp³-hybridized carbons (Fsp3) is 0.0800. The topological polar surface area (TPSA) is 104 Å². The van der Waals surface area contributed by atoms with Gasteiger partial charge in [0.15, 0.2) is 0 Å². The second-order valence-electron chi connectivity index (χ2n) is 8.20. The molecule has 0 fully saturated rings. The van der Waals surface area contributed by atoms with Crippen LogP contribution in [0, 0.1) is 0 Å². The molecule has 0 spiro atoms. The van der Waals surface area contributed by atoms with E-state index in [-0.39, 0.29) is 10.8 Å². The molecule has 8 nitrogen and oxygen atoms in total. The van der Waals surface area contributed by atoms with Crippen molar-refractivity contribution in [3.8, 4) is 0 Å². The van der Waals surface area contributed by atoms with Crippen molar-refractivity contribution in [3.05, 3.63) is 89.1 Å². The van der Waals surface area contributed by atoms with Crippen LogP contribution in [-0.4, -0.2) is 30.5 Å². The monoisotopic (exact) mass is 501 g/mol. The van der Waals surface area contributed by atoms with Gasteiger partial charge in [0.05, 0.1) is 32.9 Å². The first-order chi connectivity index (χ1) is 17.0. The van der Waals surface area contributed by atoms with Gasteiger partial charge < -0.3 is 5.32 Å². The number of carbonyl (C=O) groups excluding carboxylic acids is 1. The predicted octanol–water partition coefficient (Wildman–Crippen LogP) is 4.41. The maximum atomic E-state index is 12.9. The van der Waals surface area contributed by atoms with E-state index in [1.165, 1.54) is 23.5 Å². The van der Waals surface area contributed by atoms with E-state index >= 15 is 0 Å². The van der Waals surface area contributed by atoms with Crippen molar-refractivity contribution >= 4 is 61.1 Å². The molecule has 0 bridgehead atoms. The fourth-order valence-electron chi connectivity index (χ4n) is 4.24. The van der Waals surface area contributed by atoms with Crippen molar-refractivity contribution < 1.29 is 13.2 Å². The fourth-order valence-corrected chi connectivity index (χ4v) is 6.15. The summed E-state index contributed by atoms with van der Waals surface area (Å²) in [5.41, 5.74) is 6.90. The Balaban J connectivity index is 1.19. The summed E-state index contributed by atoms with van der Waals surface area (Å²) in [6.45, 7) is 0.437. The minimum atomic E-state index is -3.77. The smallest absolute Gasteiger partial charge is 0.257 e. The van der Waals surface area contributed by atoms with Crippen LogP contribution in [-0.2, 0) is 21.4 Å². The number of hydrazine groups is 1. The summed E-state index contributed by atoms with van der Waals surface area (Å²) in [7, 11) is -3.77. The molecule has 1 aromatic heterocycles. The Bertz CT molecular complexity index is 1620. The van der Waals surface area contributed by atoms with Crippen molar-refractivity contribution in [1.29, 1.82) is 0 Å². The van der Waals surface area contributed by atoms with E-state index < -0.39 is 15.9 Å². The number of nitrogens with one attached hydrogen (secondary N) is 2. The Morgan fingerprint density at radius 2 is 1.94 bits per heavy atom. The average molecular weight is 502 g/mol. The molecule has 2 aliphatic heterocycles. The number of rotatable bonds is 5. The molecule has 6 rings (SSSR count). The molecular weight excluding hydrogens is 482 g/mol. The lowest BCUT2D eigenvalue weighted by atomic mass is 10.0. The van der Waals surface area contributed by atoms with Gasteiger partial charge in [0, 0.05) is 23.7 Å². The standard InChI is InChI=1S/C25H19N5O3S2/c31-25-20(23-21(28-25)9-10-22-24(23)34-15-27-22)13-26-18-5-7-19(8-6-18)35(32,33)29-30-12-11-16-3-1-2-4-17(16)14-30/h1-13,15,20,29H,14H2,(H,28,31). The van der Waals surface area contributed by atoms with Crippen LogP contribution in [0.1, 0.15) is 22.6 Å². The van der Waals surface area contributed by atoms with Crippen molar-refractivity contribution in [1.82, 2.24) is 14.8 Å². The third-order valence-corrected chi connectivity index (χ3v) is 8.22. The Hall–Kier alpha value is -3.86. The zero-order valence-corrected chi connectivity index (χ0v) is 19.9. The number of thiazole rings is 1. The molecule has 1 unspecified atom stereocenters. The average Bonchev–Trinajstić information content (AvgIpc) is 3.46. The maximum absolute atomic E-state index is 12.9. The number of carbonyl (C=O) groups is 1. The van der Waals surface area contributed by atoms with Crippen molar-refractivity contribution in [2.45, 2.75) is 17.4 Å². The summed E-state index contributed by atoms with van der Waals surface area (Å²) in [6, 6.07) is 17.8.